The summed E-state index contributed by atoms with van der Waals surface area (Å²) in [6.45, 7) is 2.08. The van der Waals surface area contributed by atoms with Crippen LogP contribution in [-0.2, 0) is 0 Å². The third-order valence-electron chi connectivity index (χ3n) is 4.70. The van der Waals surface area contributed by atoms with Crippen molar-refractivity contribution in [2.24, 2.45) is 4.99 Å². The lowest BCUT2D eigenvalue weighted by Crippen LogP contribution is -2.35. The van der Waals surface area contributed by atoms with Crippen molar-refractivity contribution in [1.29, 1.82) is 0 Å². The minimum atomic E-state index is -0.270. The Bertz CT molecular complexity index is 919. The maximum atomic E-state index is 13.4. The van der Waals surface area contributed by atoms with E-state index in [-0.39, 0.29) is 23.8 Å². The Balaban J connectivity index is 1.80. The molecule has 130 valence electrons. The molecule has 0 bridgehead atoms. The van der Waals surface area contributed by atoms with Crippen LogP contribution in [0.25, 0.3) is 0 Å². The molecule has 3 aromatic rings. The van der Waals surface area contributed by atoms with Crippen molar-refractivity contribution in [3.8, 4) is 0 Å². The molecule has 0 aromatic heterocycles. The van der Waals surface area contributed by atoms with Gasteiger partial charge >= 0.3 is 0 Å². The Hall–Kier alpha value is -3.01. The van der Waals surface area contributed by atoms with E-state index in [0.717, 1.165) is 22.5 Å². The number of anilines is 1. The van der Waals surface area contributed by atoms with Crippen LogP contribution in [0.3, 0.4) is 0 Å². The summed E-state index contributed by atoms with van der Waals surface area (Å²) in [5.74, 6) is -0.538. The fraction of sp³-hybridized carbons (Fsp3) is 0.136. The average molecular weight is 348 g/mol. The minimum absolute atomic E-state index is 0.00193. The molecule has 4 rings (SSSR count). The van der Waals surface area contributed by atoms with Gasteiger partial charge in [0.25, 0.3) is 0 Å². The lowest BCUT2D eigenvalue weighted by molar-refractivity contribution is 0.622. The Labute approximate surface area is 151 Å². The predicted molar refractivity (Wildman–Crippen MR) is 100 cm³/mol. The van der Waals surface area contributed by atoms with Crippen molar-refractivity contribution < 1.29 is 8.78 Å². The standard InChI is InChI=1S/C22H18F2N2/c1-15-21(16-7-11-18(23)12-8-16)25-22(17-9-13-19(24)14-10-17)26(15)20-5-3-2-4-6-20/h2-15,22H,1H3. The van der Waals surface area contributed by atoms with Crippen LogP contribution in [0.4, 0.5) is 14.5 Å². The second kappa shape index (κ2) is 6.71. The first-order valence-electron chi connectivity index (χ1n) is 8.56. The molecule has 3 aromatic carbocycles. The molecular formula is C22H18F2N2. The van der Waals surface area contributed by atoms with E-state index in [2.05, 4.69) is 11.8 Å². The van der Waals surface area contributed by atoms with Gasteiger partial charge in [0.1, 0.15) is 17.8 Å². The van der Waals surface area contributed by atoms with Crippen molar-refractivity contribution in [2.75, 3.05) is 4.90 Å². The first-order chi connectivity index (χ1) is 12.6. The molecule has 0 saturated carbocycles. The summed E-state index contributed by atoms with van der Waals surface area (Å²) in [4.78, 5) is 7.12. The molecule has 0 radical (unpaired) electrons. The van der Waals surface area contributed by atoms with Gasteiger partial charge in [-0.3, -0.25) is 4.99 Å². The van der Waals surface area contributed by atoms with E-state index in [0.29, 0.717) is 0 Å². The van der Waals surface area contributed by atoms with Crippen LogP contribution in [-0.4, -0.2) is 11.8 Å². The molecule has 0 fully saturated rings. The van der Waals surface area contributed by atoms with E-state index in [1.807, 2.05) is 30.3 Å². The summed E-state index contributed by atoms with van der Waals surface area (Å²) < 4.78 is 26.7. The molecule has 1 heterocycles. The van der Waals surface area contributed by atoms with Crippen LogP contribution < -0.4 is 4.90 Å². The summed E-state index contributed by atoms with van der Waals surface area (Å²) in [6.07, 6.45) is -0.256. The summed E-state index contributed by atoms with van der Waals surface area (Å²) in [7, 11) is 0. The summed E-state index contributed by atoms with van der Waals surface area (Å²) in [6, 6.07) is 22.8. The molecular weight excluding hydrogens is 330 g/mol. The minimum Gasteiger partial charge on any atom is -0.337 e. The smallest absolute Gasteiger partial charge is 0.148 e. The van der Waals surface area contributed by atoms with Gasteiger partial charge in [0.15, 0.2) is 0 Å². The highest BCUT2D eigenvalue weighted by atomic mass is 19.1. The zero-order chi connectivity index (χ0) is 18.1. The van der Waals surface area contributed by atoms with Crippen molar-refractivity contribution in [2.45, 2.75) is 19.1 Å². The van der Waals surface area contributed by atoms with Gasteiger partial charge in [0.05, 0.1) is 11.8 Å². The molecule has 26 heavy (non-hydrogen) atoms. The van der Waals surface area contributed by atoms with Gasteiger partial charge < -0.3 is 4.90 Å². The van der Waals surface area contributed by atoms with Crippen molar-refractivity contribution in [3.63, 3.8) is 0 Å². The number of rotatable bonds is 3. The summed E-state index contributed by atoms with van der Waals surface area (Å²) in [5, 5.41) is 0. The predicted octanol–water partition coefficient (Wildman–Crippen LogP) is 5.36. The number of para-hydroxylation sites is 1. The van der Waals surface area contributed by atoms with Gasteiger partial charge in [0, 0.05) is 5.69 Å². The second-order valence-electron chi connectivity index (χ2n) is 6.37. The monoisotopic (exact) mass is 348 g/mol. The Kier molecular flexibility index (Phi) is 4.25. The van der Waals surface area contributed by atoms with Crippen molar-refractivity contribution in [1.82, 2.24) is 0 Å². The highest BCUT2D eigenvalue weighted by Gasteiger charge is 2.35. The first kappa shape index (κ1) is 16.5. The lowest BCUT2D eigenvalue weighted by atomic mass is 10.0. The molecule has 2 unspecified atom stereocenters. The average Bonchev–Trinajstić information content (AvgIpc) is 3.01. The number of nitrogens with zero attached hydrogens (tertiary/aromatic N) is 2. The zero-order valence-electron chi connectivity index (χ0n) is 14.3. The third-order valence-corrected chi connectivity index (χ3v) is 4.70. The summed E-state index contributed by atoms with van der Waals surface area (Å²) >= 11 is 0. The largest absolute Gasteiger partial charge is 0.337 e. The van der Waals surface area contributed by atoms with Crippen molar-refractivity contribution >= 4 is 11.4 Å². The maximum Gasteiger partial charge on any atom is 0.148 e. The molecule has 2 atom stereocenters. The van der Waals surface area contributed by atoms with Gasteiger partial charge in [-0.15, -0.1) is 0 Å². The molecule has 1 aliphatic heterocycles. The lowest BCUT2D eigenvalue weighted by Gasteiger charge is -2.30. The molecule has 2 nitrogen and oxygen atoms in total. The number of halogens is 2. The molecule has 0 N–H and O–H groups in total. The first-order valence-corrected chi connectivity index (χ1v) is 8.56. The van der Waals surface area contributed by atoms with E-state index in [1.54, 1.807) is 24.3 Å². The quantitative estimate of drug-likeness (QED) is 0.622. The molecule has 0 spiro atoms. The Morgan fingerprint density at radius 1 is 0.769 bits per heavy atom. The van der Waals surface area contributed by atoms with Gasteiger partial charge in [-0.05, 0) is 54.4 Å². The zero-order valence-corrected chi connectivity index (χ0v) is 14.3. The van der Waals surface area contributed by atoms with Crippen LogP contribution in [0.2, 0.25) is 0 Å². The molecule has 0 aliphatic carbocycles. The highest BCUT2D eigenvalue weighted by molar-refractivity contribution is 6.07. The maximum absolute atomic E-state index is 13.4. The normalized spacial score (nSPS) is 19.5. The fourth-order valence-electron chi connectivity index (χ4n) is 3.42. The van der Waals surface area contributed by atoms with E-state index >= 15 is 0 Å². The fourth-order valence-corrected chi connectivity index (χ4v) is 3.42. The highest BCUT2D eigenvalue weighted by Crippen LogP contribution is 2.37. The topological polar surface area (TPSA) is 15.6 Å². The van der Waals surface area contributed by atoms with E-state index in [9.17, 15) is 8.78 Å². The number of hydrogen-bond donors (Lipinski definition) is 0. The SMILES string of the molecule is CC1C(c2ccc(F)cc2)=NC(c2ccc(F)cc2)N1c1ccccc1. The van der Waals surface area contributed by atoms with E-state index in [4.69, 9.17) is 4.99 Å². The molecule has 0 amide bonds. The van der Waals surface area contributed by atoms with Crippen LogP contribution in [0.1, 0.15) is 24.2 Å². The van der Waals surface area contributed by atoms with Crippen LogP contribution in [0.15, 0.2) is 83.9 Å². The molecule has 4 heteroatoms. The van der Waals surface area contributed by atoms with E-state index < -0.39 is 0 Å². The molecule has 1 aliphatic rings. The van der Waals surface area contributed by atoms with Crippen molar-refractivity contribution in [3.05, 3.63) is 102 Å². The van der Waals surface area contributed by atoms with Crippen LogP contribution in [0.5, 0.6) is 0 Å². The number of aliphatic imine (C=N–C) groups is 1. The third kappa shape index (κ3) is 2.99. The van der Waals surface area contributed by atoms with Crippen LogP contribution >= 0.6 is 0 Å². The molecule has 0 saturated heterocycles. The number of benzene rings is 3. The van der Waals surface area contributed by atoms with Gasteiger partial charge in [-0.1, -0.05) is 42.5 Å². The van der Waals surface area contributed by atoms with Gasteiger partial charge in [0.2, 0.25) is 0 Å². The van der Waals surface area contributed by atoms with E-state index in [1.165, 1.54) is 24.3 Å². The number of hydrogen-bond acceptors (Lipinski definition) is 2. The van der Waals surface area contributed by atoms with Gasteiger partial charge in [-0.25, -0.2) is 8.78 Å². The Morgan fingerprint density at radius 3 is 1.96 bits per heavy atom. The Morgan fingerprint density at radius 2 is 1.35 bits per heavy atom. The second-order valence-corrected chi connectivity index (χ2v) is 6.37. The van der Waals surface area contributed by atoms with Crippen LogP contribution in [0, 0.1) is 11.6 Å². The van der Waals surface area contributed by atoms with Gasteiger partial charge in [-0.2, -0.15) is 0 Å². The summed E-state index contributed by atoms with van der Waals surface area (Å²) in [5.41, 5.74) is 3.74.